The van der Waals surface area contributed by atoms with Crippen LogP contribution < -0.4 is 10.6 Å². The van der Waals surface area contributed by atoms with Crippen LogP contribution in [0, 0.1) is 0 Å². The van der Waals surface area contributed by atoms with Gasteiger partial charge in [0.25, 0.3) is 5.91 Å². The Labute approximate surface area is 162 Å². The van der Waals surface area contributed by atoms with E-state index in [2.05, 4.69) is 0 Å². The van der Waals surface area contributed by atoms with Crippen molar-refractivity contribution in [1.82, 2.24) is 10.6 Å². The summed E-state index contributed by atoms with van der Waals surface area (Å²) >= 11 is 0. The van der Waals surface area contributed by atoms with Crippen LogP contribution in [0.2, 0.25) is 0 Å². The molecule has 29 heavy (non-hydrogen) atoms. The highest BCUT2D eigenvalue weighted by Crippen LogP contribution is 2.16. The molecule has 0 heterocycles. The Morgan fingerprint density at radius 3 is 2.07 bits per heavy atom. The maximum Gasteiger partial charge on any atom is 0.405 e. The number of hydrogen-bond acceptors (Lipinski definition) is 5. The number of hydrogen-bond donors (Lipinski definition) is 2. The average molecular weight is 408 g/mol. The molecular weight excluding hydrogens is 393 g/mol. The van der Waals surface area contributed by atoms with Gasteiger partial charge < -0.3 is 10.1 Å². The summed E-state index contributed by atoms with van der Waals surface area (Å²) in [6.07, 6.45) is -4.64. The van der Waals surface area contributed by atoms with Crippen LogP contribution in [0.5, 0.6) is 0 Å². The van der Waals surface area contributed by atoms with Gasteiger partial charge >= 0.3 is 18.2 Å². The number of halogens is 3. The molecule has 0 spiro atoms. The SMILES string of the molecule is O=C(COC(=O)c1ccccc1C(=O)c1ccccc1)NC(=O)NCC(F)(F)F. The minimum atomic E-state index is -4.64. The number of rotatable bonds is 6. The van der Waals surface area contributed by atoms with E-state index in [1.807, 2.05) is 0 Å². The summed E-state index contributed by atoms with van der Waals surface area (Å²) in [5.74, 6) is -2.57. The lowest BCUT2D eigenvalue weighted by molar-refractivity contribution is -0.125. The van der Waals surface area contributed by atoms with Gasteiger partial charge in [-0.1, -0.05) is 48.5 Å². The van der Waals surface area contributed by atoms with Gasteiger partial charge in [0.1, 0.15) is 6.54 Å². The molecule has 10 heteroatoms. The van der Waals surface area contributed by atoms with Crippen molar-refractivity contribution in [3.05, 3.63) is 71.3 Å². The van der Waals surface area contributed by atoms with Crippen molar-refractivity contribution < 1.29 is 37.1 Å². The second-order valence-electron chi connectivity index (χ2n) is 5.66. The van der Waals surface area contributed by atoms with Gasteiger partial charge in [-0.25, -0.2) is 9.59 Å². The second kappa shape index (κ2) is 9.49. The molecule has 0 saturated heterocycles. The smallest absolute Gasteiger partial charge is 0.405 e. The predicted molar refractivity (Wildman–Crippen MR) is 94.2 cm³/mol. The van der Waals surface area contributed by atoms with E-state index in [0.29, 0.717) is 5.56 Å². The Bertz CT molecular complexity index is 914. The van der Waals surface area contributed by atoms with Gasteiger partial charge in [0, 0.05) is 11.1 Å². The van der Waals surface area contributed by atoms with Crippen LogP contribution in [-0.4, -0.2) is 43.0 Å². The molecule has 2 aromatic rings. The summed E-state index contributed by atoms with van der Waals surface area (Å²) < 4.78 is 40.7. The number of ketones is 1. The maximum atomic E-state index is 12.6. The molecule has 152 valence electrons. The number of imide groups is 1. The number of carbonyl (C=O) groups is 4. The molecule has 0 radical (unpaired) electrons. The quantitative estimate of drug-likeness (QED) is 0.565. The van der Waals surface area contributed by atoms with Gasteiger partial charge in [-0.3, -0.25) is 14.9 Å². The van der Waals surface area contributed by atoms with Crippen molar-refractivity contribution in [1.29, 1.82) is 0 Å². The molecule has 2 aromatic carbocycles. The Balaban J connectivity index is 1.97. The van der Waals surface area contributed by atoms with E-state index in [9.17, 15) is 32.3 Å². The highest BCUT2D eigenvalue weighted by Gasteiger charge is 2.28. The van der Waals surface area contributed by atoms with E-state index in [4.69, 9.17) is 4.74 Å². The first kappa shape index (κ1) is 21.6. The zero-order valence-electron chi connectivity index (χ0n) is 14.8. The molecule has 0 saturated carbocycles. The summed E-state index contributed by atoms with van der Waals surface area (Å²) in [6.45, 7) is -2.55. The zero-order chi connectivity index (χ0) is 21.4. The number of alkyl halides is 3. The molecule has 2 N–H and O–H groups in total. The molecule has 7 nitrogen and oxygen atoms in total. The van der Waals surface area contributed by atoms with Crippen LogP contribution in [0.4, 0.5) is 18.0 Å². The normalized spacial score (nSPS) is 10.7. The Hall–Kier alpha value is -3.69. The lowest BCUT2D eigenvalue weighted by Gasteiger charge is -2.10. The molecule has 3 amide bonds. The highest BCUT2D eigenvalue weighted by molar-refractivity contribution is 6.14. The van der Waals surface area contributed by atoms with Crippen LogP contribution in [0.15, 0.2) is 54.6 Å². The van der Waals surface area contributed by atoms with Crippen molar-refractivity contribution in [2.24, 2.45) is 0 Å². The molecule has 0 fully saturated rings. The fraction of sp³-hybridized carbons (Fsp3) is 0.158. The van der Waals surface area contributed by atoms with Gasteiger partial charge in [-0.15, -0.1) is 0 Å². The minimum absolute atomic E-state index is 0.0482. The first-order valence-corrected chi connectivity index (χ1v) is 8.17. The van der Waals surface area contributed by atoms with Crippen LogP contribution in [0.25, 0.3) is 0 Å². The number of esters is 1. The molecule has 0 atom stereocenters. The van der Waals surface area contributed by atoms with Crippen molar-refractivity contribution in [2.45, 2.75) is 6.18 Å². The zero-order valence-corrected chi connectivity index (χ0v) is 14.8. The van der Waals surface area contributed by atoms with Crippen molar-refractivity contribution >= 4 is 23.7 Å². The van der Waals surface area contributed by atoms with Crippen molar-refractivity contribution in [3.63, 3.8) is 0 Å². The average Bonchev–Trinajstić information content (AvgIpc) is 2.70. The lowest BCUT2D eigenvalue weighted by Crippen LogP contribution is -2.44. The summed E-state index contributed by atoms with van der Waals surface area (Å²) in [5, 5.41) is 3.02. The Morgan fingerprint density at radius 1 is 0.862 bits per heavy atom. The summed E-state index contributed by atoms with van der Waals surface area (Å²) in [5.41, 5.74) is 0.287. The van der Waals surface area contributed by atoms with Gasteiger partial charge in [-0.2, -0.15) is 13.2 Å². The maximum absolute atomic E-state index is 12.6. The number of benzene rings is 2. The van der Waals surface area contributed by atoms with Crippen LogP contribution in [-0.2, 0) is 9.53 Å². The van der Waals surface area contributed by atoms with E-state index < -0.39 is 43.0 Å². The Kier molecular flexibility index (Phi) is 7.07. The molecule has 0 aliphatic carbocycles. The third-order valence-electron chi connectivity index (χ3n) is 3.46. The Morgan fingerprint density at radius 2 is 1.45 bits per heavy atom. The molecule has 0 aliphatic rings. The first-order chi connectivity index (χ1) is 13.7. The number of amides is 3. The van der Waals surface area contributed by atoms with Gasteiger partial charge in [0.15, 0.2) is 12.4 Å². The fourth-order valence-electron chi connectivity index (χ4n) is 2.20. The predicted octanol–water partition coefficient (Wildman–Crippen LogP) is 2.46. The van der Waals surface area contributed by atoms with Gasteiger partial charge in [-0.05, 0) is 6.07 Å². The minimum Gasteiger partial charge on any atom is -0.452 e. The molecule has 0 bridgehead atoms. The topological polar surface area (TPSA) is 102 Å². The molecule has 0 unspecified atom stereocenters. The fourth-order valence-corrected chi connectivity index (χ4v) is 2.20. The highest BCUT2D eigenvalue weighted by atomic mass is 19.4. The number of urea groups is 1. The van der Waals surface area contributed by atoms with E-state index >= 15 is 0 Å². The lowest BCUT2D eigenvalue weighted by atomic mass is 9.98. The molecule has 0 aromatic heterocycles. The van der Waals surface area contributed by atoms with E-state index in [-0.39, 0.29) is 11.1 Å². The monoisotopic (exact) mass is 408 g/mol. The standard InChI is InChI=1S/C19H15F3N2O5/c20-19(21,22)11-23-18(28)24-15(25)10-29-17(27)14-9-5-4-8-13(14)16(26)12-6-2-1-3-7-12/h1-9H,10-11H2,(H2,23,24,25,28). The second-order valence-corrected chi connectivity index (χ2v) is 5.66. The van der Waals surface area contributed by atoms with E-state index in [1.165, 1.54) is 23.5 Å². The molecule has 2 rings (SSSR count). The number of ether oxygens (including phenoxy) is 1. The summed E-state index contributed by atoms with van der Waals surface area (Å²) in [4.78, 5) is 47.6. The number of nitrogens with one attached hydrogen (secondary N) is 2. The van der Waals surface area contributed by atoms with Crippen molar-refractivity contribution in [3.8, 4) is 0 Å². The van der Waals surface area contributed by atoms with E-state index in [1.54, 1.807) is 41.7 Å². The first-order valence-electron chi connectivity index (χ1n) is 8.17. The largest absolute Gasteiger partial charge is 0.452 e. The summed E-state index contributed by atoms with van der Waals surface area (Å²) in [7, 11) is 0. The third-order valence-corrected chi connectivity index (χ3v) is 3.46. The van der Waals surface area contributed by atoms with Crippen LogP contribution in [0.3, 0.4) is 0 Å². The third kappa shape index (κ3) is 6.76. The van der Waals surface area contributed by atoms with Crippen LogP contribution >= 0.6 is 0 Å². The van der Waals surface area contributed by atoms with Crippen molar-refractivity contribution in [2.75, 3.05) is 13.2 Å². The van der Waals surface area contributed by atoms with Gasteiger partial charge in [0.05, 0.1) is 5.56 Å². The molecular formula is C19H15F3N2O5. The summed E-state index contributed by atoms with van der Waals surface area (Å²) in [6, 6.07) is 12.6. The van der Waals surface area contributed by atoms with Gasteiger partial charge in [0.2, 0.25) is 0 Å². The van der Waals surface area contributed by atoms with Crippen LogP contribution in [0.1, 0.15) is 26.3 Å². The number of carbonyl (C=O) groups excluding carboxylic acids is 4. The molecule has 0 aliphatic heterocycles. The van der Waals surface area contributed by atoms with E-state index in [0.717, 1.165) is 0 Å².